The molecule has 32 heavy (non-hydrogen) atoms. The van der Waals surface area contributed by atoms with E-state index in [4.69, 9.17) is 17.3 Å². The van der Waals surface area contributed by atoms with E-state index in [-0.39, 0.29) is 33.6 Å². The zero-order valence-electron chi connectivity index (χ0n) is 18.8. The topological polar surface area (TPSA) is 104 Å². The highest BCUT2D eigenvalue weighted by molar-refractivity contribution is 8.23. The summed E-state index contributed by atoms with van der Waals surface area (Å²) in [5.41, 5.74) is -0.427. The summed E-state index contributed by atoms with van der Waals surface area (Å²) in [4.78, 5) is 35.9. The summed E-state index contributed by atoms with van der Waals surface area (Å²) in [5, 5.41) is 23.1. The Morgan fingerprint density at radius 2 is 1.88 bits per heavy atom. The number of carboxylic acid groups (broad SMARTS) is 1. The largest absolute Gasteiger partial charge is 0.480 e. The number of carbonyl (C=O) groups excluding carboxylic acids is 2. The Balaban J connectivity index is 1.48. The number of carboxylic acids is 1. The number of rotatable bonds is 5. The number of hydrogen-bond donors (Lipinski definition) is 3. The maximum Gasteiger partial charge on any atom is 0.322 e. The summed E-state index contributed by atoms with van der Waals surface area (Å²) >= 11 is 6.22. The fraction of sp³-hybridized carbons (Fsp3) is 0.750. The van der Waals surface area contributed by atoms with E-state index in [1.54, 1.807) is 0 Å². The second-order valence-electron chi connectivity index (χ2n) is 10.6. The van der Waals surface area contributed by atoms with E-state index in [2.05, 4.69) is 19.2 Å². The Bertz CT molecular complexity index is 888. The van der Waals surface area contributed by atoms with Crippen LogP contribution in [0.4, 0.5) is 0 Å². The molecule has 0 aliphatic heterocycles. The molecule has 176 valence electrons. The molecule has 0 heterocycles. The van der Waals surface area contributed by atoms with Gasteiger partial charge in [-0.1, -0.05) is 43.4 Å². The molecule has 0 aromatic rings. The van der Waals surface area contributed by atoms with Crippen LogP contribution in [0.1, 0.15) is 65.2 Å². The fourth-order valence-electron chi connectivity index (χ4n) is 7.48. The van der Waals surface area contributed by atoms with Crippen molar-refractivity contribution in [3.63, 3.8) is 0 Å². The summed E-state index contributed by atoms with van der Waals surface area (Å²) in [6.45, 7) is 4.15. The van der Waals surface area contributed by atoms with E-state index in [0.717, 1.165) is 50.3 Å². The molecule has 3 N–H and O–H groups in total. The first-order valence-corrected chi connectivity index (χ1v) is 13.0. The minimum atomic E-state index is -1.36. The van der Waals surface area contributed by atoms with E-state index in [1.165, 1.54) is 5.57 Å². The van der Waals surface area contributed by atoms with Gasteiger partial charge in [0.15, 0.2) is 11.6 Å². The molecule has 0 saturated heterocycles. The van der Waals surface area contributed by atoms with Gasteiger partial charge in [-0.15, -0.1) is 0 Å². The molecule has 0 radical (unpaired) electrons. The number of fused-ring (bicyclic) bond motifs is 5. The van der Waals surface area contributed by atoms with Gasteiger partial charge in [0.1, 0.15) is 16.5 Å². The Hall–Kier alpha value is -1.25. The highest BCUT2D eigenvalue weighted by Gasteiger charge is 2.66. The highest BCUT2D eigenvalue weighted by Crippen LogP contribution is 2.67. The third-order valence-electron chi connectivity index (χ3n) is 9.29. The molecule has 0 aromatic carbocycles. The molecular formula is C24H33NO5S2. The quantitative estimate of drug-likeness (QED) is 0.515. The Morgan fingerprint density at radius 1 is 1.16 bits per heavy atom. The summed E-state index contributed by atoms with van der Waals surface area (Å²) < 4.78 is 0.263. The van der Waals surface area contributed by atoms with E-state index >= 15 is 0 Å². The van der Waals surface area contributed by atoms with Gasteiger partial charge in [0.2, 0.25) is 0 Å². The van der Waals surface area contributed by atoms with E-state index in [1.807, 2.05) is 6.08 Å². The number of thiocarbonyl (C=S) groups is 1. The summed E-state index contributed by atoms with van der Waals surface area (Å²) in [6.07, 6.45) is 8.53. The van der Waals surface area contributed by atoms with Gasteiger partial charge in [0.05, 0.1) is 5.75 Å². The molecule has 4 aliphatic carbocycles. The van der Waals surface area contributed by atoms with Crippen molar-refractivity contribution >= 4 is 45.8 Å². The molecule has 6 nitrogen and oxygen atoms in total. The normalized spacial score (nSPS) is 40.5. The molecule has 4 rings (SSSR count). The number of ketones is 2. The van der Waals surface area contributed by atoms with Crippen LogP contribution in [0, 0.1) is 28.6 Å². The maximum absolute atomic E-state index is 13.2. The zero-order chi connectivity index (χ0) is 23.3. The predicted octanol–water partition coefficient (Wildman–Crippen LogP) is 3.51. The lowest BCUT2D eigenvalue weighted by Crippen LogP contribution is -2.58. The number of thioether (sulfide) groups is 1. The van der Waals surface area contributed by atoms with Crippen LogP contribution in [0.2, 0.25) is 0 Å². The third kappa shape index (κ3) is 3.76. The lowest BCUT2D eigenvalue weighted by molar-refractivity contribution is -0.159. The number of Topliss-reactive ketones (excluding diaryl/α,β-unsaturated/α-hetero) is 1. The lowest BCUT2D eigenvalue weighted by Gasteiger charge is -2.58. The standard InChI is InChI=1S/C24H33NO5S2/c1-22-8-5-15(26)11-14(22)3-4-16-17(22)6-9-23(2)18(16)7-10-24(23,30)19(27)13-32-21(31)25-12-20(28)29/h11,16-18,30H,3-10,12-13H2,1-2H3,(H,25,31)(H,28,29)/t16-,17-,18+,22-,23-,24-/m0/s1. The first-order chi connectivity index (χ1) is 15.0. The molecule has 8 heteroatoms. The molecule has 3 fully saturated rings. The maximum atomic E-state index is 13.2. The van der Waals surface area contributed by atoms with Gasteiger partial charge in [-0.2, -0.15) is 0 Å². The summed E-state index contributed by atoms with van der Waals surface area (Å²) in [7, 11) is 0. The Kier molecular flexibility index (Phi) is 6.36. The molecule has 3 saturated carbocycles. The average Bonchev–Trinajstić information content (AvgIpc) is 3.03. The lowest BCUT2D eigenvalue weighted by atomic mass is 9.46. The van der Waals surface area contributed by atoms with Gasteiger partial charge in [-0.3, -0.25) is 14.4 Å². The van der Waals surface area contributed by atoms with Crippen LogP contribution in [0.25, 0.3) is 0 Å². The van der Waals surface area contributed by atoms with Crippen molar-refractivity contribution in [3.8, 4) is 0 Å². The summed E-state index contributed by atoms with van der Waals surface area (Å²) in [6, 6.07) is 0. The number of hydrogen-bond acceptors (Lipinski definition) is 6. The smallest absolute Gasteiger partial charge is 0.322 e. The molecule has 4 aliphatic rings. The molecule has 0 bridgehead atoms. The third-order valence-corrected chi connectivity index (χ3v) is 10.6. The second kappa shape index (κ2) is 8.51. The van der Waals surface area contributed by atoms with E-state index < -0.39 is 17.0 Å². The van der Waals surface area contributed by atoms with Gasteiger partial charge >= 0.3 is 5.97 Å². The van der Waals surface area contributed by atoms with Gasteiger partial charge in [-0.25, -0.2) is 0 Å². The highest BCUT2D eigenvalue weighted by atomic mass is 32.2. The molecule has 0 unspecified atom stereocenters. The van der Waals surface area contributed by atoms with Crippen LogP contribution in [-0.4, -0.2) is 50.0 Å². The first kappa shape index (κ1) is 23.9. The zero-order valence-corrected chi connectivity index (χ0v) is 20.4. The number of allylic oxidation sites excluding steroid dienone is 1. The number of aliphatic hydroxyl groups is 1. The Labute approximate surface area is 199 Å². The van der Waals surface area contributed by atoms with Crippen molar-refractivity contribution in [2.75, 3.05) is 12.3 Å². The average molecular weight is 480 g/mol. The van der Waals surface area contributed by atoms with Crippen molar-refractivity contribution in [2.24, 2.45) is 28.6 Å². The van der Waals surface area contributed by atoms with Crippen LogP contribution in [0.15, 0.2) is 11.6 Å². The van der Waals surface area contributed by atoms with Gasteiger partial charge < -0.3 is 15.5 Å². The SMILES string of the molecule is C[C@]12CCC(=O)C=C1CC[C@@H]1[C@H]3CC[C@](O)(C(=O)CSC(=S)NCC(=O)O)[C@@]3(C)CC[C@@H]12. The molecule has 0 amide bonds. The molecular weight excluding hydrogens is 446 g/mol. The monoisotopic (exact) mass is 479 g/mol. The predicted molar refractivity (Wildman–Crippen MR) is 127 cm³/mol. The van der Waals surface area contributed by atoms with Crippen molar-refractivity contribution in [1.82, 2.24) is 5.32 Å². The van der Waals surface area contributed by atoms with Crippen LogP contribution >= 0.6 is 24.0 Å². The van der Waals surface area contributed by atoms with Crippen LogP contribution in [0.3, 0.4) is 0 Å². The van der Waals surface area contributed by atoms with Crippen molar-refractivity contribution in [3.05, 3.63) is 11.6 Å². The molecule has 0 aromatic heterocycles. The summed E-state index contributed by atoms with van der Waals surface area (Å²) in [5.74, 6) is 0.369. The van der Waals surface area contributed by atoms with Crippen molar-refractivity contribution in [1.29, 1.82) is 0 Å². The van der Waals surface area contributed by atoms with Crippen LogP contribution < -0.4 is 5.32 Å². The van der Waals surface area contributed by atoms with Gasteiger partial charge in [-0.05, 0) is 74.2 Å². The van der Waals surface area contributed by atoms with Crippen molar-refractivity contribution < 1.29 is 24.6 Å². The first-order valence-electron chi connectivity index (χ1n) is 11.6. The molecule has 6 atom stereocenters. The molecule has 0 spiro atoms. The van der Waals surface area contributed by atoms with E-state index in [9.17, 15) is 19.5 Å². The van der Waals surface area contributed by atoms with Crippen LogP contribution in [-0.2, 0) is 14.4 Å². The number of carbonyl (C=O) groups is 3. The number of nitrogens with one attached hydrogen (secondary N) is 1. The van der Waals surface area contributed by atoms with Gasteiger partial charge in [0.25, 0.3) is 0 Å². The fourth-order valence-corrected chi connectivity index (χ4v) is 8.41. The minimum Gasteiger partial charge on any atom is -0.480 e. The minimum absolute atomic E-state index is 0.0467. The van der Waals surface area contributed by atoms with Crippen LogP contribution in [0.5, 0.6) is 0 Å². The van der Waals surface area contributed by atoms with Crippen molar-refractivity contribution in [2.45, 2.75) is 70.8 Å². The van der Waals surface area contributed by atoms with Gasteiger partial charge in [0, 0.05) is 11.8 Å². The second-order valence-corrected chi connectivity index (χ2v) is 12.2. The Morgan fingerprint density at radius 3 is 2.59 bits per heavy atom. The van der Waals surface area contributed by atoms with E-state index in [0.29, 0.717) is 30.6 Å². The number of aliphatic carboxylic acids is 1.